The highest BCUT2D eigenvalue weighted by atomic mass is 19.1. The van der Waals surface area contributed by atoms with Gasteiger partial charge in [-0.1, -0.05) is 6.07 Å². The summed E-state index contributed by atoms with van der Waals surface area (Å²) in [6.45, 7) is 0.383. The highest BCUT2D eigenvalue weighted by Crippen LogP contribution is 2.18. The third kappa shape index (κ3) is 4.11. The number of amides is 1. The number of benzene rings is 1. The minimum Gasteiger partial charge on any atom is -0.348 e. The SMILES string of the molecule is O=C(NCc1cnc2[nH]ccc2c1)c1ccnc(Cc2ccc3ncc(F)cc3c2)c1. The van der Waals surface area contributed by atoms with E-state index >= 15 is 0 Å². The second-order valence-electron chi connectivity index (χ2n) is 7.33. The number of nitrogens with one attached hydrogen (secondary N) is 2. The Labute approximate surface area is 177 Å². The second kappa shape index (κ2) is 7.95. The standard InChI is InChI=1S/C24H18FN5O/c25-20-10-19-7-15(1-2-22(19)28-14-20)9-21-11-18(4-5-26-21)24(31)30-13-16-8-17-3-6-27-23(17)29-12-16/h1-8,10-12,14H,9,13H2,(H,27,29)(H,30,31). The predicted octanol–water partition coefficient (Wildman–Crippen LogP) is 4.17. The Morgan fingerprint density at radius 2 is 1.84 bits per heavy atom. The normalized spacial score (nSPS) is 11.1. The van der Waals surface area contributed by atoms with Crippen LogP contribution in [0.2, 0.25) is 0 Å². The molecule has 0 radical (unpaired) electrons. The van der Waals surface area contributed by atoms with Crippen molar-refractivity contribution in [1.82, 2.24) is 25.3 Å². The fourth-order valence-electron chi connectivity index (χ4n) is 3.56. The first-order valence-electron chi connectivity index (χ1n) is 9.83. The number of rotatable bonds is 5. The minimum absolute atomic E-state index is 0.178. The number of fused-ring (bicyclic) bond motifs is 2. The van der Waals surface area contributed by atoms with Gasteiger partial charge in [0.2, 0.25) is 0 Å². The van der Waals surface area contributed by atoms with Crippen molar-refractivity contribution in [2.45, 2.75) is 13.0 Å². The Bertz CT molecular complexity index is 1410. The molecule has 4 heterocycles. The molecule has 31 heavy (non-hydrogen) atoms. The molecule has 5 aromatic rings. The lowest BCUT2D eigenvalue weighted by Gasteiger charge is -2.08. The number of hydrogen-bond acceptors (Lipinski definition) is 4. The van der Waals surface area contributed by atoms with E-state index in [-0.39, 0.29) is 11.7 Å². The van der Waals surface area contributed by atoms with Crippen LogP contribution in [0.4, 0.5) is 4.39 Å². The fraction of sp³-hybridized carbons (Fsp3) is 0.0833. The Morgan fingerprint density at radius 3 is 2.77 bits per heavy atom. The van der Waals surface area contributed by atoms with Crippen LogP contribution >= 0.6 is 0 Å². The smallest absolute Gasteiger partial charge is 0.251 e. The summed E-state index contributed by atoms with van der Waals surface area (Å²) in [5.74, 6) is -0.546. The molecule has 0 aliphatic carbocycles. The molecule has 0 saturated carbocycles. The van der Waals surface area contributed by atoms with Gasteiger partial charge in [-0.2, -0.15) is 0 Å². The molecular formula is C24H18FN5O. The summed E-state index contributed by atoms with van der Waals surface area (Å²) in [6, 6.07) is 14.5. The minimum atomic E-state index is -0.368. The van der Waals surface area contributed by atoms with E-state index in [2.05, 4.69) is 25.3 Å². The number of pyridine rings is 3. The zero-order valence-corrected chi connectivity index (χ0v) is 16.5. The average molecular weight is 411 g/mol. The van der Waals surface area contributed by atoms with Crippen LogP contribution in [0.15, 0.2) is 73.3 Å². The highest BCUT2D eigenvalue weighted by Gasteiger charge is 2.09. The van der Waals surface area contributed by atoms with Gasteiger partial charge < -0.3 is 10.3 Å². The lowest BCUT2D eigenvalue weighted by molar-refractivity contribution is 0.0950. The van der Waals surface area contributed by atoms with Gasteiger partial charge >= 0.3 is 0 Å². The van der Waals surface area contributed by atoms with Crippen molar-refractivity contribution in [3.63, 3.8) is 0 Å². The van der Waals surface area contributed by atoms with Crippen molar-refractivity contribution in [3.8, 4) is 0 Å². The van der Waals surface area contributed by atoms with Crippen molar-refractivity contribution in [2.24, 2.45) is 0 Å². The molecule has 0 aliphatic rings. The molecule has 6 nitrogen and oxygen atoms in total. The third-order valence-corrected chi connectivity index (χ3v) is 5.09. The van der Waals surface area contributed by atoms with Gasteiger partial charge in [0.25, 0.3) is 5.91 Å². The second-order valence-corrected chi connectivity index (χ2v) is 7.33. The molecule has 1 amide bonds. The summed E-state index contributed by atoms with van der Waals surface area (Å²) in [5.41, 5.74) is 4.74. The lowest BCUT2D eigenvalue weighted by Crippen LogP contribution is -2.23. The molecule has 2 N–H and O–H groups in total. The maximum absolute atomic E-state index is 13.5. The van der Waals surface area contributed by atoms with Crippen LogP contribution in [-0.2, 0) is 13.0 Å². The summed E-state index contributed by atoms with van der Waals surface area (Å²) in [6.07, 6.45) is 6.94. The summed E-state index contributed by atoms with van der Waals surface area (Å²) in [4.78, 5) is 28.5. The van der Waals surface area contributed by atoms with E-state index in [0.29, 0.717) is 18.5 Å². The molecule has 0 spiro atoms. The summed E-state index contributed by atoms with van der Waals surface area (Å²) >= 11 is 0. The lowest BCUT2D eigenvalue weighted by atomic mass is 10.0. The Hall–Kier alpha value is -4.13. The van der Waals surface area contributed by atoms with Crippen LogP contribution in [0.5, 0.6) is 0 Å². The topological polar surface area (TPSA) is 83.6 Å². The Morgan fingerprint density at radius 1 is 0.935 bits per heavy atom. The first kappa shape index (κ1) is 18.9. The largest absolute Gasteiger partial charge is 0.348 e. The molecule has 0 fully saturated rings. The van der Waals surface area contributed by atoms with Crippen molar-refractivity contribution in [1.29, 1.82) is 0 Å². The molecule has 5 rings (SSSR count). The fourth-order valence-corrected chi connectivity index (χ4v) is 3.56. The van der Waals surface area contributed by atoms with Gasteiger partial charge in [-0.3, -0.25) is 14.8 Å². The zero-order valence-electron chi connectivity index (χ0n) is 16.5. The first-order chi connectivity index (χ1) is 15.1. The average Bonchev–Trinajstić information content (AvgIpc) is 3.25. The van der Waals surface area contributed by atoms with Gasteiger partial charge in [0.15, 0.2) is 0 Å². The van der Waals surface area contributed by atoms with E-state index in [1.165, 1.54) is 12.3 Å². The molecule has 0 saturated heterocycles. The third-order valence-electron chi connectivity index (χ3n) is 5.09. The summed E-state index contributed by atoms with van der Waals surface area (Å²) in [5, 5.41) is 4.67. The summed E-state index contributed by atoms with van der Waals surface area (Å²) in [7, 11) is 0. The number of carbonyl (C=O) groups excluding carboxylic acids is 1. The zero-order chi connectivity index (χ0) is 21.2. The van der Waals surface area contributed by atoms with E-state index in [9.17, 15) is 9.18 Å². The maximum atomic E-state index is 13.5. The van der Waals surface area contributed by atoms with Crippen LogP contribution in [0, 0.1) is 5.82 Å². The molecule has 0 atom stereocenters. The Balaban J connectivity index is 1.29. The van der Waals surface area contributed by atoms with Gasteiger partial charge in [0.1, 0.15) is 11.5 Å². The van der Waals surface area contributed by atoms with Crippen molar-refractivity contribution < 1.29 is 9.18 Å². The number of hydrogen-bond donors (Lipinski definition) is 2. The van der Waals surface area contributed by atoms with Crippen LogP contribution in [0.3, 0.4) is 0 Å². The van der Waals surface area contributed by atoms with Gasteiger partial charge in [-0.25, -0.2) is 9.37 Å². The Kier molecular flexibility index (Phi) is 4.84. The quantitative estimate of drug-likeness (QED) is 0.455. The first-order valence-corrected chi connectivity index (χ1v) is 9.83. The van der Waals surface area contributed by atoms with E-state index in [0.717, 1.165) is 38.8 Å². The number of aromatic nitrogens is 4. The number of halogens is 1. The maximum Gasteiger partial charge on any atom is 0.251 e. The van der Waals surface area contributed by atoms with Gasteiger partial charge in [-0.15, -0.1) is 0 Å². The molecule has 152 valence electrons. The summed E-state index contributed by atoms with van der Waals surface area (Å²) < 4.78 is 13.5. The van der Waals surface area contributed by atoms with Crippen molar-refractivity contribution >= 4 is 27.8 Å². The number of nitrogens with zero attached hydrogens (tertiary/aromatic N) is 3. The highest BCUT2D eigenvalue weighted by molar-refractivity contribution is 5.94. The van der Waals surface area contributed by atoms with E-state index in [1.54, 1.807) is 24.5 Å². The van der Waals surface area contributed by atoms with Gasteiger partial charge in [-0.05, 0) is 53.6 Å². The molecule has 0 bridgehead atoms. The van der Waals surface area contributed by atoms with Crippen molar-refractivity contribution in [2.75, 3.05) is 0 Å². The van der Waals surface area contributed by atoms with Crippen LogP contribution in [0.1, 0.15) is 27.2 Å². The predicted molar refractivity (Wildman–Crippen MR) is 116 cm³/mol. The van der Waals surface area contributed by atoms with Crippen LogP contribution < -0.4 is 5.32 Å². The van der Waals surface area contributed by atoms with Crippen LogP contribution in [0.25, 0.3) is 21.9 Å². The number of H-pyrrole nitrogens is 1. The number of carbonyl (C=O) groups is 1. The number of aromatic amines is 1. The molecule has 0 aliphatic heterocycles. The molecule has 7 heteroatoms. The van der Waals surface area contributed by atoms with E-state index in [4.69, 9.17) is 0 Å². The molecule has 0 unspecified atom stereocenters. The molecule has 4 aromatic heterocycles. The van der Waals surface area contributed by atoms with E-state index < -0.39 is 0 Å². The monoisotopic (exact) mass is 411 g/mol. The van der Waals surface area contributed by atoms with Gasteiger partial charge in [0.05, 0.1) is 11.7 Å². The molecule has 1 aromatic carbocycles. The van der Waals surface area contributed by atoms with Crippen LogP contribution in [-0.4, -0.2) is 25.8 Å². The van der Waals surface area contributed by atoms with Gasteiger partial charge in [0, 0.05) is 53.6 Å². The molecular weight excluding hydrogens is 393 g/mol. The van der Waals surface area contributed by atoms with Crippen molar-refractivity contribution in [3.05, 3.63) is 102 Å². The van der Waals surface area contributed by atoms with E-state index in [1.807, 2.05) is 36.5 Å².